The van der Waals surface area contributed by atoms with Crippen molar-refractivity contribution in [2.45, 2.75) is 252 Å². The van der Waals surface area contributed by atoms with Crippen LogP contribution in [-0.4, -0.2) is 63.0 Å². The third kappa shape index (κ3) is 33.5. The predicted molar refractivity (Wildman–Crippen MR) is 235 cm³/mol. The minimum atomic E-state index is 0.0404. The summed E-state index contributed by atoms with van der Waals surface area (Å²) >= 11 is 0. The lowest BCUT2D eigenvalue weighted by molar-refractivity contribution is -0.145. The summed E-state index contributed by atoms with van der Waals surface area (Å²) < 4.78 is 17.8. The largest absolute Gasteiger partial charge is 0.466 e. The monoisotopic (exact) mass is 764 g/mol. The average molecular weight is 764 g/mol. The van der Waals surface area contributed by atoms with Gasteiger partial charge in [-0.05, 0) is 50.4 Å². The Morgan fingerprint density at radius 2 is 0.889 bits per heavy atom. The molecule has 1 rings (SSSR count). The molecule has 0 radical (unpaired) electrons. The maximum absolute atomic E-state index is 12.5. The molecular formula is C49H97NO4. The second-order valence-corrected chi connectivity index (χ2v) is 17.4. The molecule has 0 spiro atoms. The first kappa shape index (κ1) is 51.4. The number of carbonyl (C=O) groups excluding carboxylic acids is 1. The van der Waals surface area contributed by atoms with Crippen molar-refractivity contribution in [2.75, 3.05) is 46.1 Å². The Balaban J connectivity index is 2.23. The Kier molecular flexibility index (Phi) is 38.6. The molecule has 0 N–H and O–H groups in total. The number of ether oxygens (including phenoxy) is 3. The van der Waals surface area contributed by atoms with Gasteiger partial charge >= 0.3 is 5.97 Å². The Hall–Kier alpha value is -0.650. The number of unbranched alkanes of at least 4 members (excludes halogenated alkanes) is 19. The lowest BCUT2D eigenvalue weighted by Gasteiger charge is -2.26. The molecule has 5 nitrogen and oxygen atoms in total. The van der Waals surface area contributed by atoms with Gasteiger partial charge in [0.1, 0.15) is 0 Å². The van der Waals surface area contributed by atoms with Crippen molar-refractivity contribution in [3.63, 3.8) is 0 Å². The van der Waals surface area contributed by atoms with Crippen LogP contribution >= 0.6 is 0 Å². The van der Waals surface area contributed by atoms with E-state index in [1.165, 1.54) is 199 Å². The van der Waals surface area contributed by atoms with Crippen LogP contribution in [0, 0.1) is 11.8 Å². The van der Waals surface area contributed by atoms with Crippen molar-refractivity contribution in [3.05, 3.63) is 0 Å². The molecule has 322 valence electrons. The summed E-state index contributed by atoms with van der Waals surface area (Å²) in [6.07, 6.45) is 44.6. The average Bonchev–Trinajstić information content (AvgIpc) is 3.18. The van der Waals surface area contributed by atoms with E-state index >= 15 is 0 Å². The van der Waals surface area contributed by atoms with Crippen molar-refractivity contribution in [1.29, 1.82) is 0 Å². The highest BCUT2D eigenvalue weighted by molar-refractivity contribution is 5.69. The number of hydrogen-bond acceptors (Lipinski definition) is 5. The van der Waals surface area contributed by atoms with Gasteiger partial charge in [-0.2, -0.15) is 0 Å². The molecule has 1 aliphatic rings. The van der Waals surface area contributed by atoms with Gasteiger partial charge in [0.2, 0.25) is 0 Å². The standard InChI is InChI=1S/C49H97NO4/c1-5-9-22-31-46(32-23-10-6-2)33-26-18-14-13-15-19-27-36-48(53-42-30-38-50-39-43-52-44-40-50)37-28-20-16-17-21-29-41-54-49(51)45-47(34-24-11-7-3)35-25-12-8-4/h46-48H,5-45H2,1-4H3. The van der Waals surface area contributed by atoms with Gasteiger partial charge in [-0.3, -0.25) is 9.69 Å². The van der Waals surface area contributed by atoms with E-state index in [1.807, 2.05) is 0 Å². The third-order valence-corrected chi connectivity index (χ3v) is 12.2. The van der Waals surface area contributed by atoms with E-state index in [4.69, 9.17) is 14.2 Å². The van der Waals surface area contributed by atoms with Crippen molar-refractivity contribution in [1.82, 2.24) is 4.90 Å². The fourth-order valence-electron chi connectivity index (χ4n) is 8.54. The first-order valence-corrected chi connectivity index (χ1v) is 24.7. The van der Waals surface area contributed by atoms with Crippen LogP contribution in [-0.2, 0) is 19.0 Å². The van der Waals surface area contributed by atoms with Crippen LogP contribution in [0.1, 0.15) is 246 Å². The smallest absolute Gasteiger partial charge is 0.306 e. The van der Waals surface area contributed by atoms with Crippen LogP contribution in [0.15, 0.2) is 0 Å². The van der Waals surface area contributed by atoms with Gasteiger partial charge < -0.3 is 14.2 Å². The van der Waals surface area contributed by atoms with Crippen molar-refractivity contribution < 1.29 is 19.0 Å². The van der Waals surface area contributed by atoms with Crippen LogP contribution in [0.5, 0.6) is 0 Å². The Bertz CT molecular complexity index is 736. The highest BCUT2D eigenvalue weighted by atomic mass is 16.5. The maximum Gasteiger partial charge on any atom is 0.306 e. The van der Waals surface area contributed by atoms with Gasteiger partial charge in [0.25, 0.3) is 0 Å². The molecule has 1 unspecified atom stereocenters. The summed E-state index contributed by atoms with van der Waals surface area (Å²) in [7, 11) is 0. The molecule has 1 aliphatic heterocycles. The molecule has 5 heteroatoms. The summed E-state index contributed by atoms with van der Waals surface area (Å²) in [4.78, 5) is 15.1. The number of esters is 1. The van der Waals surface area contributed by atoms with Crippen molar-refractivity contribution in [2.24, 2.45) is 11.8 Å². The van der Waals surface area contributed by atoms with Gasteiger partial charge in [0.15, 0.2) is 0 Å². The third-order valence-electron chi connectivity index (χ3n) is 12.2. The zero-order valence-corrected chi connectivity index (χ0v) is 37.3. The van der Waals surface area contributed by atoms with Gasteiger partial charge in [0, 0.05) is 32.7 Å². The molecule has 0 saturated carbocycles. The molecule has 1 saturated heterocycles. The summed E-state index contributed by atoms with van der Waals surface area (Å²) in [5.74, 6) is 1.55. The maximum atomic E-state index is 12.5. The van der Waals surface area contributed by atoms with E-state index in [-0.39, 0.29) is 5.97 Å². The molecule has 0 aromatic rings. The Morgan fingerprint density at radius 1 is 0.481 bits per heavy atom. The van der Waals surface area contributed by atoms with E-state index in [0.717, 1.165) is 58.2 Å². The van der Waals surface area contributed by atoms with Gasteiger partial charge in [0.05, 0.1) is 25.9 Å². The second kappa shape index (κ2) is 40.5. The molecule has 1 fully saturated rings. The van der Waals surface area contributed by atoms with Crippen LogP contribution in [0.2, 0.25) is 0 Å². The lowest BCUT2D eigenvalue weighted by atomic mass is 9.90. The highest BCUT2D eigenvalue weighted by Crippen LogP contribution is 2.25. The second-order valence-electron chi connectivity index (χ2n) is 17.4. The van der Waals surface area contributed by atoms with Gasteiger partial charge in [-0.15, -0.1) is 0 Å². The molecule has 0 bridgehead atoms. The summed E-state index contributed by atoms with van der Waals surface area (Å²) in [5.41, 5.74) is 0. The predicted octanol–water partition coefficient (Wildman–Crippen LogP) is 14.8. The molecule has 0 aromatic heterocycles. The molecule has 0 amide bonds. The van der Waals surface area contributed by atoms with E-state index in [0.29, 0.717) is 25.0 Å². The minimum Gasteiger partial charge on any atom is -0.466 e. The van der Waals surface area contributed by atoms with Crippen LogP contribution in [0.3, 0.4) is 0 Å². The topological polar surface area (TPSA) is 48.0 Å². The first-order chi connectivity index (χ1) is 26.6. The van der Waals surface area contributed by atoms with E-state index in [9.17, 15) is 4.79 Å². The normalized spacial score (nSPS) is 14.4. The van der Waals surface area contributed by atoms with Crippen molar-refractivity contribution in [3.8, 4) is 0 Å². The fourth-order valence-corrected chi connectivity index (χ4v) is 8.54. The molecular weight excluding hydrogens is 667 g/mol. The Morgan fingerprint density at radius 3 is 1.37 bits per heavy atom. The van der Waals surface area contributed by atoms with E-state index in [2.05, 4.69) is 32.6 Å². The first-order valence-electron chi connectivity index (χ1n) is 24.7. The number of nitrogens with zero attached hydrogens (tertiary/aromatic N) is 1. The minimum absolute atomic E-state index is 0.0404. The van der Waals surface area contributed by atoms with Crippen molar-refractivity contribution >= 4 is 5.97 Å². The number of rotatable bonds is 42. The van der Waals surface area contributed by atoms with Gasteiger partial charge in [-0.1, -0.05) is 201 Å². The van der Waals surface area contributed by atoms with E-state index < -0.39 is 0 Å². The molecule has 54 heavy (non-hydrogen) atoms. The summed E-state index contributed by atoms with van der Waals surface area (Å²) in [6.45, 7) is 15.7. The zero-order valence-electron chi connectivity index (χ0n) is 37.3. The van der Waals surface area contributed by atoms with Crippen LogP contribution in [0.4, 0.5) is 0 Å². The molecule has 0 aromatic carbocycles. The molecule has 1 atom stereocenters. The van der Waals surface area contributed by atoms with Crippen LogP contribution in [0.25, 0.3) is 0 Å². The molecule has 1 heterocycles. The SMILES string of the molecule is CCCCCC(CCCCC)CCCCCCCCCC(CCCCCCCCOC(=O)CC(CCCCC)CCCCC)OCCCN1CCOCC1. The Labute approximate surface area is 339 Å². The lowest BCUT2D eigenvalue weighted by Crippen LogP contribution is -2.37. The summed E-state index contributed by atoms with van der Waals surface area (Å²) in [6, 6.07) is 0. The fraction of sp³-hybridized carbons (Fsp3) is 0.980. The highest BCUT2D eigenvalue weighted by Gasteiger charge is 2.15. The zero-order chi connectivity index (χ0) is 39.0. The molecule has 0 aliphatic carbocycles. The number of hydrogen-bond donors (Lipinski definition) is 0. The quantitative estimate of drug-likeness (QED) is 0.0458. The van der Waals surface area contributed by atoms with E-state index in [1.54, 1.807) is 0 Å². The van der Waals surface area contributed by atoms with Gasteiger partial charge in [-0.25, -0.2) is 0 Å². The number of morpholine rings is 1. The van der Waals surface area contributed by atoms with Crippen LogP contribution < -0.4 is 0 Å². The summed E-state index contributed by atoms with van der Waals surface area (Å²) in [5, 5.41) is 0. The number of carbonyl (C=O) groups is 1.